The zero-order chi connectivity index (χ0) is 17.6. The van der Waals surface area contributed by atoms with Crippen molar-refractivity contribution in [2.24, 2.45) is 0 Å². The van der Waals surface area contributed by atoms with E-state index >= 15 is 0 Å². The van der Waals surface area contributed by atoms with Crippen LogP contribution >= 0.6 is 0 Å². The molecule has 0 aliphatic carbocycles. The molecular weight excluding hydrogens is 316 g/mol. The van der Waals surface area contributed by atoms with Crippen molar-refractivity contribution in [2.75, 3.05) is 20.1 Å². The third-order valence-electron chi connectivity index (χ3n) is 4.87. The van der Waals surface area contributed by atoms with Gasteiger partial charge in [0.25, 0.3) is 5.78 Å². The number of likely N-dealkylation sites (tertiary alicyclic amines) is 1. The molecule has 1 aliphatic heterocycles. The number of piperidine rings is 1. The molecule has 0 bridgehead atoms. The molecule has 8 heteroatoms. The Hall–Kier alpha value is -2.35. The van der Waals surface area contributed by atoms with Crippen LogP contribution in [0.4, 0.5) is 0 Å². The summed E-state index contributed by atoms with van der Waals surface area (Å²) in [7, 11) is 2.17. The summed E-state index contributed by atoms with van der Waals surface area (Å²) in [6.45, 7) is 8.39. The van der Waals surface area contributed by atoms with Crippen LogP contribution in [0.3, 0.4) is 0 Å². The first-order valence-corrected chi connectivity index (χ1v) is 8.85. The van der Waals surface area contributed by atoms with Crippen molar-refractivity contribution in [3.63, 3.8) is 0 Å². The molecule has 0 aromatic carbocycles. The van der Waals surface area contributed by atoms with Gasteiger partial charge in [-0.05, 0) is 51.9 Å². The van der Waals surface area contributed by atoms with Gasteiger partial charge in [0.15, 0.2) is 5.82 Å². The molecule has 8 nitrogen and oxygen atoms in total. The van der Waals surface area contributed by atoms with Crippen LogP contribution in [0, 0.1) is 6.92 Å². The SMILES string of the molecule is Cc1nc(-c2cc(C(C)C)n3ncnc3n2)n(C2CCN(C)CC2)n1. The lowest BCUT2D eigenvalue weighted by molar-refractivity contribution is 0.213. The van der Waals surface area contributed by atoms with E-state index in [2.05, 4.69) is 61.7 Å². The molecule has 0 N–H and O–H groups in total. The van der Waals surface area contributed by atoms with Crippen molar-refractivity contribution >= 4 is 5.78 Å². The molecule has 4 heterocycles. The zero-order valence-electron chi connectivity index (χ0n) is 15.2. The maximum Gasteiger partial charge on any atom is 0.253 e. The topological polar surface area (TPSA) is 77.0 Å². The van der Waals surface area contributed by atoms with E-state index in [4.69, 9.17) is 0 Å². The fourth-order valence-corrected chi connectivity index (χ4v) is 3.46. The molecule has 132 valence electrons. The molecule has 0 saturated carbocycles. The zero-order valence-corrected chi connectivity index (χ0v) is 15.2. The van der Waals surface area contributed by atoms with Crippen LogP contribution in [-0.2, 0) is 0 Å². The third kappa shape index (κ3) is 2.90. The molecule has 1 saturated heterocycles. The van der Waals surface area contributed by atoms with E-state index in [9.17, 15) is 0 Å². The van der Waals surface area contributed by atoms with E-state index in [-0.39, 0.29) is 0 Å². The summed E-state index contributed by atoms with van der Waals surface area (Å²) in [5, 5.41) is 8.98. The summed E-state index contributed by atoms with van der Waals surface area (Å²) in [6.07, 6.45) is 3.71. The highest BCUT2D eigenvalue weighted by molar-refractivity contribution is 5.54. The normalized spacial score (nSPS) is 17.0. The van der Waals surface area contributed by atoms with Gasteiger partial charge in [0.1, 0.15) is 17.8 Å². The van der Waals surface area contributed by atoms with Crippen LogP contribution in [0.25, 0.3) is 17.3 Å². The highest BCUT2D eigenvalue weighted by atomic mass is 15.4. The largest absolute Gasteiger partial charge is 0.306 e. The molecule has 1 aliphatic rings. The third-order valence-corrected chi connectivity index (χ3v) is 4.87. The molecule has 0 unspecified atom stereocenters. The Morgan fingerprint density at radius 3 is 2.64 bits per heavy atom. The second kappa shape index (κ2) is 6.18. The summed E-state index contributed by atoms with van der Waals surface area (Å²) in [4.78, 5) is 16.0. The molecule has 3 aromatic heterocycles. The summed E-state index contributed by atoms with van der Waals surface area (Å²) >= 11 is 0. The second-order valence-corrected chi connectivity index (χ2v) is 7.15. The monoisotopic (exact) mass is 340 g/mol. The van der Waals surface area contributed by atoms with Crippen LogP contribution in [0.1, 0.15) is 50.2 Å². The minimum atomic E-state index is 0.312. The Balaban J connectivity index is 1.81. The predicted molar refractivity (Wildman–Crippen MR) is 94.4 cm³/mol. The number of nitrogens with zero attached hydrogens (tertiary/aromatic N) is 8. The van der Waals surface area contributed by atoms with Gasteiger partial charge in [-0.1, -0.05) is 13.8 Å². The number of aryl methyl sites for hydroxylation is 1. The van der Waals surface area contributed by atoms with Gasteiger partial charge in [-0.2, -0.15) is 15.2 Å². The molecule has 25 heavy (non-hydrogen) atoms. The van der Waals surface area contributed by atoms with E-state index in [1.807, 2.05) is 6.92 Å². The molecule has 0 amide bonds. The first-order valence-electron chi connectivity index (χ1n) is 8.85. The Bertz CT molecular complexity index is 885. The Morgan fingerprint density at radius 2 is 1.92 bits per heavy atom. The minimum Gasteiger partial charge on any atom is -0.306 e. The van der Waals surface area contributed by atoms with Crippen molar-refractivity contribution in [1.82, 2.24) is 39.2 Å². The van der Waals surface area contributed by atoms with Crippen molar-refractivity contribution in [2.45, 2.75) is 45.6 Å². The lowest BCUT2D eigenvalue weighted by Crippen LogP contribution is -2.32. The van der Waals surface area contributed by atoms with Crippen LogP contribution in [-0.4, -0.2) is 59.4 Å². The molecule has 4 rings (SSSR count). The van der Waals surface area contributed by atoms with E-state index in [0.29, 0.717) is 17.7 Å². The maximum absolute atomic E-state index is 4.69. The second-order valence-electron chi connectivity index (χ2n) is 7.15. The van der Waals surface area contributed by atoms with Crippen LogP contribution < -0.4 is 0 Å². The predicted octanol–water partition coefficient (Wildman–Crippen LogP) is 2.08. The van der Waals surface area contributed by atoms with E-state index in [0.717, 1.165) is 49.0 Å². The Kier molecular flexibility index (Phi) is 3.99. The van der Waals surface area contributed by atoms with E-state index < -0.39 is 0 Å². The Labute approximate surface area is 146 Å². The first kappa shape index (κ1) is 16.1. The number of fused-ring (bicyclic) bond motifs is 1. The fourth-order valence-electron chi connectivity index (χ4n) is 3.46. The summed E-state index contributed by atoms with van der Waals surface area (Å²) in [5.74, 6) is 2.53. The van der Waals surface area contributed by atoms with Gasteiger partial charge in [-0.15, -0.1) is 0 Å². The van der Waals surface area contributed by atoms with Gasteiger partial charge in [0, 0.05) is 0 Å². The summed E-state index contributed by atoms with van der Waals surface area (Å²) in [5.41, 5.74) is 1.90. The van der Waals surface area contributed by atoms with Crippen molar-refractivity contribution in [3.05, 3.63) is 23.9 Å². The first-order chi connectivity index (χ1) is 12.0. The number of rotatable bonds is 3. The molecule has 0 atom stereocenters. The van der Waals surface area contributed by atoms with Gasteiger partial charge in [0.05, 0.1) is 11.7 Å². The van der Waals surface area contributed by atoms with Gasteiger partial charge < -0.3 is 4.90 Å². The minimum absolute atomic E-state index is 0.312. The Morgan fingerprint density at radius 1 is 1.16 bits per heavy atom. The van der Waals surface area contributed by atoms with Crippen molar-refractivity contribution in [3.8, 4) is 11.5 Å². The van der Waals surface area contributed by atoms with Gasteiger partial charge >= 0.3 is 0 Å². The fraction of sp³-hybridized carbons (Fsp3) is 0.588. The van der Waals surface area contributed by atoms with Gasteiger partial charge in [-0.3, -0.25) is 0 Å². The molecular formula is C17H24N8. The van der Waals surface area contributed by atoms with Crippen LogP contribution in [0.2, 0.25) is 0 Å². The number of aromatic nitrogens is 7. The highest BCUT2D eigenvalue weighted by Crippen LogP contribution is 2.28. The summed E-state index contributed by atoms with van der Waals surface area (Å²) in [6, 6.07) is 2.44. The van der Waals surface area contributed by atoms with Crippen LogP contribution in [0.15, 0.2) is 12.4 Å². The summed E-state index contributed by atoms with van der Waals surface area (Å²) < 4.78 is 3.87. The quantitative estimate of drug-likeness (QED) is 0.726. The van der Waals surface area contributed by atoms with Gasteiger partial charge in [-0.25, -0.2) is 19.2 Å². The van der Waals surface area contributed by atoms with Crippen molar-refractivity contribution < 1.29 is 0 Å². The average molecular weight is 340 g/mol. The molecule has 3 aromatic rings. The number of hydrogen-bond acceptors (Lipinski definition) is 6. The molecule has 0 spiro atoms. The van der Waals surface area contributed by atoms with Gasteiger partial charge in [0.2, 0.25) is 0 Å². The molecule has 0 radical (unpaired) electrons. The van der Waals surface area contributed by atoms with Crippen LogP contribution in [0.5, 0.6) is 0 Å². The van der Waals surface area contributed by atoms with E-state index in [1.165, 1.54) is 0 Å². The lowest BCUT2D eigenvalue weighted by atomic mass is 10.1. The molecule has 1 fully saturated rings. The lowest BCUT2D eigenvalue weighted by Gasteiger charge is -2.29. The number of hydrogen-bond donors (Lipinski definition) is 0. The highest BCUT2D eigenvalue weighted by Gasteiger charge is 2.24. The van der Waals surface area contributed by atoms with E-state index in [1.54, 1.807) is 10.8 Å². The van der Waals surface area contributed by atoms with Crippen molar-refractivity contribution in [1.29, 1.82) is 0 Å². The standard InChI is InChI=1S/C17H24N8/c1-11(2)15-9-14(21-17-18-10-19-25(15)17)16-20-12(3)22-24(16)13-5-7-23(4)8-6-13/h9-11,13H,5-8H2,1-4H3. The average Bonchev–Trinajstić information content (AvgIpc) is 3.20. The maximum atomic E-state index is 4.69. The smallest absolute Gasteiger partial charge is 0.253 e.